The molecule has 2 aliphatic rings. The summed E-state index contributed by atoms with van der Waals surface area (Å²) in [5, 5.41) is 0.719. The SMILES string of the molecule is O=C(N1CCC[C@@H](COc2ccccc2)C1)C1(c2ccc(Cl)cc2)CCC1. The molecule has 1 saturated heterocycles. The summed E-state index contributed by atoms with van der Waals surface area (Å²) in [7, 11) is 0. The van der Waals surface area contributed by atoms with E-state index in [1.807, 2.05) is 54.6 Å². The van der Waals surface area contributed by atoms with Crippen LogP contribution in [0, 0.1) is 5.92 Å². The number of halogens is 1. The molecule has 1 heterocycles. The summed E-state index contributed by atoms with van der Waals surface area (Å²) in [4.78, 5) is 15.5. The minimum absolute atomic E-state index is 0.292. The van der Waals surface area contributed by atoms with Crippen LogP contribution >= 0.6 is 11.6 Å². The van der Waals surface area contributed by atoms with Gasteiger partial charge >= 0.3 is 0 Å². The number of amides is 1. The average Bonchev–Trinajstić information content (AvgIpc) is 2.68. The first-order valence-corrected chi connectivity index (χ1v) is 10.3. The van der Waals surface area contributed by atoms with Gasteiger partial charge in [-0.05, 0) is 55.5 Å². The number of ether oxygens (including phenoxy) is 1. The van der Waals surface area contributed by atoms with Crippen molar-refractivity contribution in [2.45, 2.75) is 37.5 Å². The molecule has 1 aliphatic carbocycles. The van der Waals surface area contributed by atoms with Crippen molar-refractivity contribution in [2.75, 3.05) is 19.7 Å². The molecule has 0 bridgehead atoms. The van der Waals surface area contributed by atoms with E-state index < -0.39 is 0 Å². The van der Waals surface area contributed by atoms with Gasteiger partial charge in [-0.3, -0.25) is 4.79 Å². The molecule has 2 aromatic rings. The second kappa shape index (κ2) is 7.93. The van der Waals surface area contributed by atoms with Crippen LogP contribution in [-0.2, 0) is 10.2 Å². The van der Waals surface area contributed by atoms with Crippen LogP contribution in [-0.4, -0.2) is 30.5 Å². The number of nitrogens with zero attached hydrogens (tertiary/aromatic N) is 1. The highest BCUT2D eigenvalue weighted by Crippen LogP contribution is 2.46. The van der Waals surface area contributed by atoms with Crippen molar-refractivity contribution in [3.05, 3.63) is 65.2 Å². The summed E-state index contributed by atoms with van der Waals surface area (Å²) in [6, 6.07) is 17.8. The molecule has 1 saturated carbocycles. The first-order chi connectivity index (χ1) is 13.2. The minimum Gasteiger partial charge on any atom is -0.493 e. The number of hydrogen-bond acceptors (Lipinski definition) is 2. The molecule has 3 nitrogen and oxygen atoms in total. The average molecular weight is 384 g/mol. The number of likely N-dealkylation sites (tertiary alicyclic amines) is 1. The Morgan fingerprint density at radius 2 is 1.81 bits per heavy atom. The van der Waals surface area contributed by atoms with Gasteiger partial charge in [-0.25, -0.2) is 0 Å². The van der Waals surface area contributed by atoms with Gasteiger partial charge in [0.2, 0.25) is 5.91 Å². The van der Waals surface area contributed by atoms with Gasteiger partial charge in [0, 0.05) is 24.0 Å². The summed E-state index contributed by atoms with van der Waals surface area (Å²) in [6.07, 6.45) is 5.16. The highest BCUT2D eigenvalue weighted by molar-refractivity contribution is 6.30. The fraction of sp³-hybridized carbons (Fsp3) is 0.435. The third kappa shape index (κ3) is 3.84. The molecule has 1 aliphatic heterocycles. The van der Waals surface area contributed by atoms with Crippen LogP contribution < -0.4 is 4.74 Å². The lowest BCUT2D eigenvalue weighted by atomic mass is 9.63. The lowest BCUT2D eigenvalue weighted by Crippen LogP contribution is -2.54. The lowest BCUT2D eigenvalue weighted by Gasteiger charge is -2.46. The van der Waals surface area contributed by atoms with Crippen molar-refractivity contribution in [3.8, 4) is 5.75 Å². The number of rotatable bonds is 5. The van der Waals surface area contributed by atoms with Gasteiger partial charge in [-0.2, -0.15) is 0 Å². The van der Waals surface area contributed by atoms with E-state index in [4.69, 9.17) is 16.3 Å². The van der Waals surface area contributed by atoms with E-state index in [1.165, 1.54) is 0 Å². The van der Waals surface area contributed by atoms with E-state index >= 15 is 0 Å². The van der Waals surface area contributed by atoms with Crippen LogP contribution in [0.25, 0.3) is 0 Å². The monoisotopic (exact) mass is 383 g/mol. The molecule has 2 aromatic carbocycles. The normalized spacial score (nSPS) is 21.4. The molecule has 0 aromatic heterocycles. The first-order valence-electron chi connectivity index (χ1n) is 9.91. The topological polar surface area (TPSA) is 29.5 Å². The lowest BCUT2D eigenvalue weighted by molar-refractivity contribution is -0.143. The number of hydrogen-bond donors (Lipinski definition) is 0. The summed E-state index contributed by atoms with van der Waals surface area (Å²) >= 11 is 6.05. The van der Waals surface area contributed by atoms with Gasteiger partial charge in [0.25, 0.3) is 0 Å². The zero-order valence-electron chi connectivity index (χ0n) is 15.6. The zero-order chi connectivity index (χ0) is 18.7. The number of benzene rings is 2. The molecule has 4 rings (SSSR count). The van der Waals surface area contributed by atoms with Crippen LogP contribution in [0.3, 0.4) is 0 Å². The molecular formula is C23H26ClNO2. The molecule has 0 spiro atoms. The quantitative estimate of drug-likeness (QED) is 0.720. The Bertz CT molecular complexity index is 771. The van der Waals surface area contributed by atoms with Crippen LogP contribution in [0.1, 0.15) is 37.7 Å². The predicted octanol–water partition coefficient (Wildman–Crippen LogP) is 5.08. The Hall–Kier alpha value is -2.00. The van der Waals surface area contributed by atoms with E-state index in [2.05, 4.69) is 4.90 Å². The Balaban J connectivity index is 1.42. The van der Waals surface area contributed by atoms with Gasteiger partial charge < -0.3 is 9.64 Å². The van der Waals surface area contributed by atoms with Gasteiger partial charge in [0.1, 0.15) is 5.75 Å². The van der Waals surface area contributed by atoms with Gasteiger partial charge in [-0.1, -0.05) is 48.4 Å². The number of carbonyl (C=O) groups is 1. The zero-order valence-corrected chi connectivity index (χ0v) is 16.3. The van der Waals surface area contributed by atoms with Crippen molar-refractivity contribution in [1.29, 1.82) is 0 Å². The fourth-order valence-electron chi connectivity index (χ4n) is 4.34. The summed E-state index contributed by atoms with van der Waals surface area (Å²) < 4.78 is 5.94. The maximum absolute atomic E-state index is 13.5. The Morgan fingerprint density at radius 3 is 2.48 bits per heavy atom. The highest BCUT2D eigenvalue weighted by atomic mass is 35.5. The third-order valence-corrected chi connectivity index (χ3v) is 6.30. The predicted molar refractivity (Wildman–Crippen MR) is 108 cm³/mol. The fourth-order valence-corrected chi connectivity index (χ4v) is 4.47. The van der Waals surface area contributed by atoms with Crippen molar-refractivity contribution < 1.29 is 9.53 Å². The minimum atomic E-state index is -0.341. The number of piperidine rings is 1. The maximum Gasteiger partial charge on any atom is 0.233 e. The van der Waals surface area contributed by atoms with Crippen LogP contribution in [0.2, 0.25) is 5.02 Å². The molecule has 0 radical (unpaired) electrons. The van der Waals surface area contributed by atoms with Gasteiger partial charge in [0.15, 0.2) is 0 Å². The van der Waals surface area contributed by atoms with Crippen molar-refractivity contribution in [2.24, 2.45) is 5.92 Å². The maximum atomic E-state index is 13.5. The highest BCUT2D eigenvalue weighted by Gasteiger charge is 2.48. The van der Waals surface area contributed by atoms with E-state index in [0.29, 0.717) is 18.4 Å². The Kier molecular flexibility index (Phi) is 5.40. The van der Waals surface area contributed by atoms with Crippen molar-refractivity contribution >= 4 is 17.5 Å². The first kappa shape index (κ1) is 18.4. The molecular weight excluding hydrogens is 358 g/mol. The summed E-state index contributed by atoms with van der Waals surface area (Å²) in [6.45, 7) is 2.32. The molecule has 1 atom stereocenters. The molecule has 0 unspecified atom stereocenters. The number of carbonyl (C=O) groups excluding carboxylic acids is 1. The summed E-state index contributed by atoms with van der Waals surface area (Å²) in [5.41, 5.74) is 0.776. The molecule has 2 fully saturated rings. The smallest absolute Gasteiger partial charge is 0.233 e. The van der Waals surface area contributed by atoms with Crippen molar-refractivity contribution in [1.82, 2.24) is 4.90 Å². The van der Waals surface area contributed by atoms with E-state index in [9.17, 15) is 4.79 Å². The molecule has 142 valence electrons. The van der Waals surface area contributed by atoms with Crippen LogP contribution in [0.5, 0.6) is 5.75 Å². The van der Waals surface area contributed by atoms with E-state index in [-0.39, 0.29) is 5.41 Å². The van der Waals surface area contributed by atoms with Gasteiger partial charge in [-0.15, -0.1) is 0 Å². The Labute approximate surface area is 166 Å². The van der Waals surface area contributed by atoms with E-state index in [0.717, 1.165) is 61.5 Å². The molecule has 1 amide bonds. The van der Waals surface area contributed by atoms with Gasteiger partial charge in [0.05, 0.1) is 12.0 Å². The molecule has 4 heteroatoms. The standard InChI is InChI=1S/C23H26ClNO2/c24-20-11-9-19(10-12-20)23(13-5-14-23)22(26)25-15-4-6-18(16-25)17-27-21-7-2-1-3-8-21/h1-3,7-12,18H,4-6,13-17H2/t18-/m1/s1. The third-order valence-electron chi connectivity index (χ3n) is 6.05. The second-order valence-corrected chi connectivity index (χ2v) is 8.26. The molecule has 27 heavy (non-hydrogen) atoms. The second-order valence-electron chi connectivity index (χ2n) is 7.83. The van der Waals surface area contributed by atoms with Crippen LogP contribution in [0.15, 0.2) is 54.6 Å². The Morgan fingerprint density at radius 1 is 1.07 bits per heavy atom. The largest absolute Gasteiger partial charge is 0.493 e. The van der Waals surface area contributed by atoms with E-state index in [1.54, 1.807) is 0 Å². The summed E-state index contributed by atoms with van der Waals surface area (Å²) in [5.74, 6) is 1.59. The van der Waals surface area contributed by atoms with Crippen molar-refractivity contribution in [3.63, 3.8) is 0 Å². The molecule has 0 N–H and O–H groups in total. The number of para-hydroxylation sites is 1. The van der Waals surface area contributed by atoms with Crippen LogP contribution in [0.4, 0.5) is 0 Å².